The fourth-order valence-electron chi connectivity index (χ4n) is 1.85. The van der Waals surface area contributed by atoms with E-state index in [1.807, 2.05) is 32.0 Å². The van der Waals surface area contributed by atoms with Gasteiger partial charge in [0.2, 0.25) is 5.76 Å². The molecule has 0 fully saturated rings. The third-order valence-corrected chi connectivity index (χ3v) is 3.26. The maximum atomic E-state index is 11.3. The summed E-state index contributed by atoms with van der Waals surface area (Å²) in [7, 11) is 1.32. The predicted octanol–water partition coefficient (Wildman–Crippen LogP) is 4.20. The lowest BCUT2D eigenvalue weighted by atomic mass is 10.2. The van der Waals surface area contributed by atoms with Crippen molar-refractivity contribution in [3.05, 3.63) is 52.4 Å². The maximum absolute atomic E-state index is 11.3. The zero-order valence-electron chi connectivity index (χ0n) is 11.6. The first-order valence-corrected chi connectivity index (χ1v) is 6.60. The number of methoxy groups -OCH3 is 1. The molecule has 0 saturated carbocycles. The van der Waals surface area contributed by atoms with E-state index in [0.29, 0.717) is 10.8 Å². The number of hydrogen-bond donors (Lipinski definition) is 1. The van der Waals surface area contributed by atoms with Crippen LogP contribution in [0, 0.1) is 6.92 Å². The molecule has 4 nitrogen and oxygen atoms in total. The average Bonchev–Trinajstić information content (AvgIpc) is 2.91. The van der Waals surface area contributed by atoms with Gasteiger partial charge in [-0.05, 0) is 43.7 Å². The molecule has 0 amide bonds. The molecule has 0 saturated heterocycles. The molecule has 0 aliphatic rings. The third-order valence-electron chi connectivity index (χ3n) is 2.93. The quantitative estimate of drug-likeness (QED) is 0.858. The number of hydrogen-bond acceptors (Lipinski definition) is 4. The summed E-state index contributed by atoms with van der Waals surface area (Å²) in [4.78, 5) is 11.3. The fourth-order valence-corrected chi connectivity index (χ4v) is 2.02. The van der Waals surface area contributed by atoms with Gasteiger partial charge in [0.05, 0.1) is 23.9 Å². The van der Waals surface area contributed by atoms with Crippen molar-refractivity contribution in [3.63, 3.8) is 0 Å². The number of carbonyl (C=O) groups excluding carboxylic acids is 1. The van der Waals surface area contributed by atoms with Gasteiger partial charge < -0.3 is 14.5 Å². The van der Waals surface area contributed by atoms with Crippen LogP contribution in [0.25, 0.3) is 0 Å². The van der Waals surface area contributed by atoms with Crippen molar-refractivity contribution < 1.29 is 13.9 Å². The lowest BCUT2D eigenvalue weighted by Gasteiger charge is -2.14. The number of benzene rings is 1. The third kappa shape index (κ3) is 3.14. The van der Waals surface area contributed by atoms with Crippen LogP contribution >= 0.6 is 11.6 Å². The molecule has 0 aliphatic carbocycles. The molecule has 1 heterocycles. The van der Waals surface area contributed by atoms with Crippen LogP contribution in [0.2, 0.25) is 5.02 Å². The van der Waals surface area contributed by atoms with Gasteiger partial charge in [0.1, 0.15) is 5.76 Å². The van der Waals surface area contributed by atoms with Crippen molar-refractivity contribution in [1.29, 1.82) is 0 Å². The number of halogens is 1. The van der Waals surface area contributed by atoms with Gasteiger partial charge in [-0.1, -0.05) is 17.7 Å². The largest absolute Gasteiger partial charge is 0.463 e. The molecule has 1 N–H and O–H groups in total. The zero-order valence-corrected chi connectivity index (χ0v) is 12.3. The molecule has 0 bridgehead atoms. The van der Waals surface area contributed by atoms with E-state index in [4.69, 9.17) is 16.0 Å². The summed E-state index contributed by atoms with van der Waals surface area (Å²) in [6, 6.07) is 8.97. The molecule has 1 aromatic carbocycles. The summed E-state index contributed by atoms with van der Waals surface area (Å²) in [5.41, 5.74) is 1.94. The Balaban J connectivity index is 2.15. The van der Waals surface area contributed by atoms with Crippen LogP contribution in [-0.4, -0.2) is 13.1 Å². The van der Waals surface area contributed by atoms with Crippen molar-refractivity contribution >= 4 is 23.3 Å². The summed E-state index contributed by atoms with van der Waals surface area (Å²) >= 11 is 6.14. The van der Waals surface area contributed by atoms with E-state index in [1.165, 1.54) is 7.11 Å². The Morgan fingerprint density at radius 1 is 1.35 bits per heavy atom. The van der Waals surface area contributed by atoms with Crippen molar-refractivity contribution in [1.82, 2.24) is 0 Å². The van der Waals surface area contributed by atoms with Crippen LogP contribution in [0.3, 0.4) is 0 Å². The van der Waals surface area contributed by atoms with Crippen LogP contribution in [0.1, 0.15) is 34.8 Å². The minimum atomic E-state index is -0.489. The Labute approximate surface area is 122 Å². The Morgan fingerprint density at radius 2 is 2.10 bits per heavy atom. The molecular weight excluding hydrogens is 278 g/mol. The van der Waals surface area contributed by atoms with Crippen LogP contribution in [0.4, 0.5) is 5.69 Å². The number of carbonyl (C=O) groups is 1. The first kappa shape index (κ1) is 14.5. The van der Waals surface area contributed by atoms with Gasteiger partial charge in [0.15, 0.2) is 0 Å². The molecule has 0 radical (unpaired) electrons. The van der Waals surface area contributed by atoms with Crippen LogP contribution in [-0.2, 0) is 4.74 Å². The van der Waals surface area contributed by atoms with Crippen LogP contribution in [0.5, 0.6) is 0 Å². The summed E-state index contributed by atoms with van der Waals surface area (Å²) in [6.07, 6.45) is 0. The second kappa shape index (κ2) is 6.01. The highest BCUT2D eigenvalue weighted by molar-refractivity contribution is 6.33. The number of rotatable bonds is 4. The van der Waals surface area contributed by atoms with Gasteiger partial charge >= 0.3 is 5.97 Å². The molecule has 2 aromatic rings. The lowest BCUT2D eigenvalue weighted by molar-refractivity contribution is 0.0562. The van der Waals surface area contributed by atoms with E-state index < -0.39 is 5.97 Å². The number of nitrogens with one attached hydrogen (secondary N) is 1. The molecule has 1 aromatic heterocycles. The average molecular weight is 294 g/mol. The highest BCUT2D eigenvalue weighted by Gasteiger charge is 2.16. The molecule has 106 valence electrons. The molecule has 1 atom stereocenters. The van der Waals surface area contributed by atoms with Crippen molar-refractivity contribution in [3.8, 4) is 0 Å². The summed E-state index contributed by atoms with van der Waals surface area (Å²) in [5, 5.41) is 3.90. The van der Waals surface area contributed by atoms with Crippen molar-refractivity contribution in [2.45, 2.75) is 19.9 Å². The van der Waals surface area contributed by atoms with E-state index in [9.17, 15) is 4.79 Å². The van der Waals surface area contributed by atoms with E-state index in [2.05, 4.69) is 10.1 Å². The summed E-state index contributed by atoms with van der Waals surface area (Å²) in [5.74, 6) is 0.339. The zero-order chi connectivity index (χ0) is 14.7. The summed E-state index contributed by atoms with van der Waals surface area (Å²) in [6.45, 7) is 3.92. The second-order valence-corrected chi connectivity index (χ2v) is 4.95. The number of esters is 1. The highest BCUT2D eigenvalue weighted by atomic mass is 35.5. The number of anilines is 1. The fraction of sp³-hybridized carbons (Fsp3) is 0.267. The SMILES string of the molecule is COC(=O)c1ccc(C(C)Nc2cc(C)ccc2Cl)o1. The van der Waals surface area contributed by atoms with Crippen LogP contribution in [0.15, 0.2) is 34.7 Å². The molecule has 20 heavy (non-hydrogen) atoms. The van der Waals surface area contributed by atoms with Gasteiger partial charge in [0, 0.05) is 0 Å². The standard InChI is InChI=1S/C15H16ClNO3/c1-9-4-5-11(16)12(8-9)17-10(2)13-6-7-14(20-13)15(18)19-3/h4-8,10,17H,1-3H3. The molecule has 0 aliphatic heterocycles. The predicted molar refractivity (Wildman–Crippen MR) is 78.3 cm³/mol. The van der Waals surface area contributed by atoms with Gasteiger partial charge in [-0.25, -0.2) is 4.79 Å². The first-order valence-electron chi connectivity index (χ1n) is 6.22. The minimum absolute atomic E-state index is 0.118. The minimum Gasteiger partial charge on any atom is -0.463 e. The monoisotopic (exact) mass is 293 g/mol. The Kier molecular flexibility index (Phi) is 4.35. The molecule has 5 heteroatoms. The molecule has 1 unspecified atom stereocenters. The van der Waals surface area contributed by atoms with E-state index >= 15 is 0 Å². The van der Waals surface area contributed by atoms with Gasteiger partial charge in [0.25, 0.3) is 0 Å². The van der Waals surface area contributed by atoms with Crippen LogP contribution < -0.4 is 5.32 Å². The number of furan rings is 1. The van der Waals surface area contributed by atoms with Gasteiger partial charge in [-0.3, -0.25) is 0 Å². The second-order valence-electron chi connectivity index (χ2n) is 4.54. The number of aryl methyl sites for hydroxylation is 1. The van der Waals surface area contributed by atoms with E-state index in [0.717, 1.165) is 11.3 Å². The lowest BCUT2D eigenvalue weighted by Crippen LogP contribution is -2.06. The van der Waals surface area contributed by atoms with Gasteiger partial charge in [-0.15, -0.1) is 0 Å². The van der Waals surface area contributed by atoms with Crippen molar-refractivity contribution in [2.24, 2.45) is 0 Å². The summed E-state index contributed by atoms with van der Waals surface area (Å²) < 4.78 is 10.1. The molecule has 2 rings (SSSR count). The number of ether oxygens (including phenoxy) is 1. The first-order chi connectivity index (χ1) is 9.51. The van der Waals surface area contributed by atoms with Gasteiger partial charge in [-0.2, -0.15) is 0 Å². The Hall–Kier alpha value is -1.94. The van der Waals surface area contributed by atoms with E-state index in [1.54, 1.807) is 12.1 Å². The van der Waals surface area contributed by atoms with E-state index in [-0.39, 0.29) is 11.8 Å². The smallest absolute Gasteiger partial charge is 0.373 e. The highest BCUT2D eigenvalue weighted by Crippen LogP contribution is 2.28. The normalized spacial score (nSPS) is 12.0. The molecular formula is C15H16ClNO3. The Morgan fingerprint density at radius 3 is 2.80 bits per heavy atom. The molecule has 0 spiro atoms. The topological polar surface area (TPSA) is 51.5 Å². The van der Waals surface area contributed by atoms with Crippen molar-refractivity contribution in [2.75, 3.05) is 12.4 Å². The Bertz CT molecular complexity index is 621. The maximum Gasteiger partial charge on any atom is 0.373 e.